The lowest BCUT2D eigenvalue weighted by molar-refractivity contribution is 0.0699. The predicted molar refractivity (Wildman–Crippen MR) is 90.2 cm³/mol. The van der Waals surface area contributed by atoms with E-state index in [1.165, 1.54) is 0 Å². The molecule has 8 nitrogen and oxygen atoms in total. The van der Waals surface area contributed by atoms with E-state index in [4.69, 9.17) is 5.11 Å². The number of aliphatic hydroxyl groups excluding tert-OH is 1. The Kier molecular flexibility index (Phi) is 4.19. The second-order valence-corrected chi connectivity index (χ2v) is 6.27. The number of hydrogen-bond acceptors (Lipinski definition) is 5. The van der Waals surface area contributed by atoms with Gasteiger partial charge in [0.25, 0.3) is 5.91 Å². The zero-order valence-corrected chi connectivity index (χ0v) is 13.8. The van der Waals surface area contributed by atoms with Crippen molar-refractivity contribution in [1.29, 1.82) is 0 Å². The summed E-state index contributed by atoms with van der Waals surface area (Å²) in [5.41, 5.74) is 2.06. The number of aromatic nitrogens is 5. The molecule has 0 spiro atoms. The summed E-state index contributed by atoms with van der Waals surface area (Å²) in [7, 11) is 0. The van der Waals surface area contributed by atoms with E-state index in [0.29, 0.717) is 24.4 Å². The van der Waals surface area contributed by atoms with Crippen molar-refractivity contribution < 1.29 is 9.90 Å². The summed E-state index contributed by atoms with van der Waals surface area (Å²) in [4.78, 5) is 18.9. The van der Waals surface area contributed by atoms with Crippen LogP contribution < -0.4 is 0 Å². The SMILES string of the molecule is O=C(c1cc2ncccn2n1)N1CCC[C@H](c2ccn(CCO)n2)C1. The van der Waals surface area contributed by atoms with E-state index >= 15 is 0 Å². The van der Waals surface area contributed by atoms with E-state index in [-0.39, 0.29) is 18.4 Å². The van der Waals surface area contributed by atoms with Crippen LogP contribution in [0.3, 0.4) is 0 Å². The van der Waals surface area contributed by atoms with Gasteiger partial charge in [0, 0.05) is 43.7 Å². The van der Waals surface area contributed by atoms with E-state index in [1.807, 2.05) is 17.2 Å². The molecule has 0 aliphatic carbocycles. The Hall–Kier alpha value is -2.74. The van der Waals surface area contributed by atoms with Crippen LogP contribution in [0.4, 0.5) is 0 Å². The molecule has 1 amide bonds. The van der Waals surface area contributed by atoms with Crippen LogP contribution in [0.1, 0.15) is 34.9 Å². The minimum atomic E-state index is -0.0648. The van der Waals surface area contributed by atoms with Crippen molar-refractivity contribution in [2.45, 2.75) is 25.3 Å². The first-order chi connectivity index (χ1) is 12.2. The van der Waals surface area contributed by atoms with Gasteiger partial charge >= 0.3 is 0 Å². The summed E-state index contributed by atoms with van der Waals surface area (Å²) in [6, 6.07) is 5.49. The van der Waals surface area contributed by atoms with Crippen LogP contribution in [-0.2, 0) is 6.54 Å². The second kappa shape index (κ2) is 6.64. The molecular weight excluding hydrogens is 320 g/mol. The Morgan fingerprint density at radius 1 is 1.32 bits per heavy atom. The number of piperidine rings is 1. The van der Waals surface area contributed by atoms with Gasteiger partial charge < -0.3 is 10.0 Å². The molecule has 3 aromatic heterocycles. The molecule has 1 saturated heterocycles. The van der Waals surface area contributed by atoms with Crippen LogP contribution in [-0.4, -0.2) is 60.0 Å². The highest BCUT2D eigenvalue weighted by Gasteiger charge is 2.28. The van der Waals surface area contributed by atoms with Crippen LogP contribution in [0.25, 0.3) is 5.65 Å². The summed E-state index contributed by atoms with van der Waals surface area (Å²) in [5.74, 6) is 0.151. The van der Waals surface area contributed by atoms with Crippen molar-refractivity contribution in [3.05, 3.63) is 48.2 Å². The lowest BCUT2D eigenvalue weighted by Crippen LogP contribution is -2.39. The lowest BCUT2D eigenvalue weighted by Gasteiger charge is -2.31. The summed E-state index contributed by atoms with van der Waals surface area (Å²) >= 11 is 0. The average Bonchev–Trinajstić information content (AvgIpc) is 3.28. The summed E-state index contributed by atoms with van der Waals surface area (Å²) in [6.45, 7) is 1.92. The Labute approximate surface area is 144 Å². The Balaban J connectivity index is 1.50. The molecule has 0 radical (unpaired) electrons. The zero-order valence-electron chi connectivity index (χ0n) is 13.8. The fraction of sp³-hybridized carbons (Fsp3) is 0.412. The van der Waals surface area contributed by atoms with Gasteiger partial charge in [0.2, 0.25) is 0 Å². The summed E-state index contributed by atoms with van der Waals surface area (Å²) in [6.07, 6.45) is 7.29. The van der Waals surface area contributed by atoms with E-state index in [0.717, 1.165) is 25.1 Å². The minimum Gasteiger partial charge on any atom is -0.394 e. The topological polar surface area (TPSA) is 88.6 Å². The van der Waals surface area contributed by atoms with Crippen molar-refractivity contribution in [2.24, 2.45) is 0 Å². The first-order valence-electron chi connectivity index (χ1n) is 8.48. The highest BCUT2D eigenvalue weighted by atomic mass is 16.3. The normalized spacial score (nSPS) is 18.0. The van der Waals surface area contributed by atoms with Crippen LogP contribution in [0.5, 0.6) is 0 Å². The smallest absolute Gasteiger partial charge is 0.274 e. The molecule has 1 aliphatic rings. The molecule has 25 heavy (non-hydrogen) atoms. The number of likely N-dealkylation sites (tertiary alicyclic amines) is 1. The molecule has 4 rings (SSSR count). The second-order valence-electron chi connectivity index (χ2n) is 6.27. The van der Waals surface area contributed by atoms with Gasteiger partial charge in [-0.2, -0.15) is 10.2 Å². The minimum absolute atomic E-state index is 0.0648. The van der Waals surface area contributed by atoms with Gasteiger partial charge in [-0.3, -0.25) is 9.48 Å². The number of carbonyl (C=O) groups is 1. The molecule has 0 bridgehead atoms. The van der Waals surface area contributed by atoms with E-state index in [9.17, 15) is 4.79 Å². The van der Waals surface area contributed by atoms with Crippen molar-refractivity contribution >= 4 is 11.6 Å². The highest BCUT2D eigenvalue weighted by molar-refractivity contribution is 5.93. The Morgan fingerprint density at radius 2 is 2.24 bits per heavy atom. The van der Waals surface area contributed by atoms with Gasteiger partial charge in [-0.1, -0.05) is 0 Å². The molecule has 130 valence electrons. The lowest BCUT2D eigenvalue weighted by atomic mass is 9.95. The van der Waals surface area contributed by atoms with E-state index in [2.05, 4.69) is 15.2 Å². The van der Waals surface area contributed by atoms with Crippen LogP contribution >= 0.6 is 0 Å². The standard InChI is InChI=1S/C17H20N6O2/c24-10-9-22-8-4-14(19-22)13-3-1-6-21(12-13)17(25)15-11-16-18-5-2-7-23(16)20-15/h2,4-5,7-8,11,13,24H,1,3,6,9-10,12H2/t13-/m0/s1. The third-order valence-corrected chi connectivity index (χ3v) is 4.57. The molecule has 1 atom stereocenters. The molecular formula is C17H20N6O2. The number of aliphatic hydroxyl groups is 1. The van der Waals surface area contributed by atoms with Gasteiger partial charge in [0.1, 0.15) is 0 Å². The summed E-state index contributed by atoms with van der Waals surface area (Å²) < 4.78 is 3.36. The molecule has 0 unspecified atom stereocenters. The quantitative estimate of drug-likeness (QED) is 0.763. The fourth-order valence-corrected chi connectivity index (χ4v) is 3.32. The molecule has 1 N–H and O–H groups in total. The maximum atomic E-state index is 12.8. The summed E-state index contributed by atoms with van der Waals surface area (Å²) in [5, 5.41) is 17.9. The van der Waals surface area contributed by atoms with E-state index in [1.54, 1.807) is 33.7 Å². The Morgan fingerprint density at radius 3 is 3.08 bits per heavy atom. The van der Waals surface area contributed by atoms with Gasteiger partial charge in [0.15, 0.2) is 11.3 Å². The predicted octanol–water partition coefficient (Wildman–Crippen LogP) is 0.938. The van der Waals surface area contributed by atoms with Crippen molar-refractivity contribution in [3.63, 3.8) is 0 Å². The van der Waals surface area contributed by atoms with Gasteiger partial charge in [-0.15, -0.1) is 0 Å². The van der Waals surface area contributed by atoms with Crippen molar-refractivity contribution in [2.75, 3.05) is 19.7 Å². The third kappa shape index (κ3) is 3.12. The monoisotopic (exact) mass is 340 g/mol. The van der Waals surface area contributed by atoms with Crippen LogP contribution in [0.15, 0.2) is 36.8 Å². The van der Waals surface area contributed by atoms with Gasteiger partial charge in [-0.05, 0) is 25.0 Å². The number of rotatable bonds is 4. The molecule has 8 heteroatoms. The zero-order chi connectivity index (χ0) is 17.2. The number of fused-ring (bicyclic) bond motifs is 1. The molecule has 0 aromatic carbocycles. The van der Waals surface area contributed by atoms with Gasteiger partial charge in [0.05, 0.1) is 18.8 Å². The Bertz CT molecular complexity index is 853. The largest absolute Gasteiger partial charge is 0.394 e. The van der Waals surface area contributed by atoms with Crippen molar-refractivity contribution in [1.82, 2.24) is 29.3 Å². The van der Waals surface area contributed by atoms with Crippen molar-refractivity contribution in [3.8, 4) is 0 Å². The molecule has 3 aromatic rings. The van der Waals surface area contributed by atoms with Gasteiger partial charge in [-0.25, -0.2) is 9.50 Å². The number of carbonyl (C=O) groups excluding carboxylic acids is 1. The third-order valence-electron chi connectivity index (χ3n) is 4.57. The highest BCUT2D eigenvalue weighted by Crippen LogP contribution is 2.26. The maximum absolute atomic E-state index is 12.8. The van der Waals surface area contributed by atoms with Crippen LogP contribution in [0.2, 0.25) is 0 Å². The fourth-order valence-electron chi connectivity index (χ4n) is 3.32. The van der Waals surface area contributed by atoms with Crippen LogP contribution in [0, 0.1) is 0 Å². The molecule has 1 fully saturated rings. The maximum Gasteiger partial charge on any atom is 0.274 e. The molecule has 4 heterocycles. The number of nitrogens with zero attached hydrogens (tertiary/aromatic N) is 6. The van der Waals surface area contributed by atoms with E-state index < -0.39 is 0 Å². The molecule has 1 aliphatic heterocycles. The molecule has 0 saturated carbocycles. The number of hydrogen-bond donors (Lipinski definition) is 1. The first kappa shape index (κ1) is 15.8. The average molecular weight is 340 g/mol. The first-order valence-corrected chi connectivity index (χ1v) is 8.48. The number of amides is 1.